The van der Waals surface area contributed by atoms with Gasteiger partial charge in [-0.15, -0.1) is 0 Å². The highest BCUT2D eigenvalue weighted by atomic mass is 35.5. The molecular weight excluding hydrogens is 196 g/mol. The number of nitrogens with zero attached hydrogens (tertiary/aromatic N) is 1. The minimum Gasteiger partial charge on any atom is -0.253 e. The molecule has 0 unspecified atom stereocenters. The van der Waals surface area contributed by atoms with Crippen molar-refractivity contribution in [2.24, 2.45) is 0 Å². The Morgan fingerprint density at radius 3 is 2.85 bits per heavy atom. The molecule has 0 fully saturated rings. The molecule has 0 bridgehead atoms. The molecule has 0 saturated heterocycles. The maximum Gasteiger partial charge on any atom is 0.170 e. The molecular formula is C9H4ClF2N. The lowest BCUT2D eigenvalue weighted by molar-refractivity contribution is 0.591. The van der Waals surface area contributed by atoms with Crippen LogP contribution in [-0.2, 0) is 0 Å². The summed E-state index contributed by atoms with van der Waals surface area (Å²) in [6, 6.07) is 4.34. The Morgan fingerprint density at radius 2 is 2.08 bits per heavy atom. The number of fused-ring (bicyclic) bond motifs is 1. The first kappa shape index (κ1) is 8.38. The molecule has 1 aromatic heterocycles. The number of hydrogen-bond donors (Lipinski definition) is 0. The minimum absolute atomic E-state index is 0.0916. The summed E-state index contributed by atoms with van der Waals surface area (Å²) in [5, 5.41) is -0.104. The van der Waals surface area contributed by atoms with Crippen LogP contribution in [0.4, 0.5) is 8.78 Å². The van der Waals surface area contributed by atoms with E-state index in [2.05, 4.69) is 4.98 Å². The topological polar surface area (TPSA) is 12.9 Å². The maximum atomic E-state index is 13.2. The maximum absolute atomic E-state index is 13.2. The van der Waals surface area contributed by atoms with Gasteiger partial charge in [-0.05, 0) is 12.1 Å². The SMILES string of the molecule is Fc1cc2cccnc2c(F)c1Cl. The summed E-state index contributed by atoms with van der Waals surface area (Å²) in [4.78, 5) is 3.76. The summed E-state index contributed by atoms with van der Waals surface area (Å²) in [5.41, 5.74) is 0.0916. The fourth-order valence-electron chi connectivity index (χ4n) is 1.13. The van der Waals surface area contributed by atoms with Crippen LogP contribution in [0.15, 0.2) is 24.4 Å². The van der Waals surface area contributed by atoms with E-state index in [-0.39, 0.29) is 5.52 Å². The van der Waals surface area contributed by atoms with Gasteiger partial charge < -0.3 is 0 Å². The Bertz CT molecular complexity index is 470. The van der Waals surface area contributed by atoms with Crippen molar-refractivity contribution >= 4 is 22.5 Å². The summed E-state index contributed by atoms with van der Waals surface area (Å²) in [6.45, 7) is 0. The first-order chi connectivity index (χ1) is 6.20. The summed E-state index contributed by atoms with van der Waals surface area (Å²) >= 11 is 5.37. The van der Waals surface area contributed by atoms with Gasteiger partial charge in [-0.25, -0.2) is 8.78 Å². The number of pyridine rings is 1. The van der Waals surface area contributed by atoms with E-state index in [0.29, 0.717) is 5.39 Å². The van der Waals surface area contributed by atoms with Crippen molar-refractivity contribution < 1.29 is 8.78 Å². The van der Waals surface area contributed by atoms with Gasteiger partial charge in [0.25, 0.3) is 0 Å². The predicted octanol–water partition coefficient (Wildman–Crippen LogP) is 3.17. The molecule has 0 amide bonds. The van der Waals surface area contributed by atoms with Crippen LogP contribution in [0.5, 0.6) is 0 Å². The van der Waals surface area contributed by atoms with E-state index in [9.17, 15) is 8.78 Å². The van der Waals surface area contributed by atoms with Gasteiger partial charge in [0.05, 0.1) is 0 Å². The third kappa shape index (κ3) is 1.25. The van der Waals surface area contributed by atoms with Gasteiger partial charge in [0.15, 0.2) is 5.82 Å². The molecule has 0 atom stereocenters. The van der Waals surface area contributed by atoms with Crippen molar-refractivity contribution in [2.75, 3.05) is 0 Å². The smallest absolute Gasteiger partial charge is 0.170 e. The Balaban J connectivity index is 2.94. The normalized spacial score (nSPS) is 10.7. The van der Waals surface area contributed by atoms with Gasteiger partial charge in [-0.3, -0.25) is 4.98 Å². The molecule has 0 aliphatic rings. The Hall–Kier alpha value is -1.22. The molecule has 1 nitrogen and oxygen atoms in total. The lowest BCUT2D eigenvalue weighted by Crippen LogP contribution is -1.88. The summed E-state index contributed by atoms with van der Waals surface area (Å²) < 4.78 is 26.1. The number of benzene rings is 1. The minimum atomic E-state index is -0.808. The van der Waals surface area contributed by atoms with Crippen molar-refractivity contribution in [2.45, 2.75) is 0 Å². The van der Waals surface area contributed by atoms with Gasteiger partial charge in [-0.2, -0.15) is 0 Å². The highest BCUT2D eigenvalue weighted by Crippen LogP contribution is 2.25. The van der Waals surface area contributed by atoms with Crippen LogP contribution >= 0.6 is 11.6 Å². The fourth-order valence-corrected chi connectivity index (χ4v) is 1.27. The van der Waals surface area contributed by atoms with Crippen molar-refractivity contribution in [3.8, 4) is 0 Å². The zero-order chi connectivity index (χ0) is 9.42. The van der Waals surface area contributed by atoms with Gasteiger partial charge in [0.2, 0.25) is 0 Å². The molecule has 2 rings (SSSR count). The van der Waals surface area contributed by atoms with E-state index < -0.39 is 16.7 Å². The van der Waals surface area contributed by atoms with Gasteiger partial charge in [0, 0.05) is 11.6 Å². The molecule has 2 aromatic rings. The van der Waals surface area contributed by atoms with Crippen molar-refractivity contribution in [3.05, 3.63) is 41.1 Å². The van der Waals surface area contributed by atoms with Gasteiger partial charge in [0.1, 0.15) is 16.4 Å². The molecule has 1 heterocycles. The predicted molar refractivity (Wildman–Crippen MR) is 46.7 cm³/mol. The van der Waals surface area contributed by atoms with Gasteiger partial charge >= 0.3 is 0 Å². The first-order valence-electron chi connectivity index (χ1n) is 3.58. The largest absolute Gasteiger partial charge is 0.253 e. The monoisotopic (exact) mass is 199 g/mol. The second-order valence-electron chi connectivity index (χ2n) is 2.56. The molecule has 4 heteroatoms. The average molecular weight is 200 g/mol. The van der Waals surface area contributed by atoms with E-state index in [0.717, 1.165) is 6.07 Å². The van der Waals surface area contributed by atoms with Crippen LogP contribution in [0, 0.1) is 11.6 Å². The van der Waals surface area contributed by atoms with Crippen molar-refractivity contribution in [3.63, 3.8) is 0 Å². The number of rotatable bonds is 0. The van der Waals surface area contributed by atoms with Crippen molar-refractivity contribution in [1.29, 1.82) is 0 Å². The van der Waals surface area contributed by atoms with Gasteiger partial charge in [-0.1, -0.05) is 17.7 Å². The lowest BCUT2D eigenvalue weighted by atomic mass is 10.2. The van der Waals surface area contributed by atoms with E-state index >= 15 is 0 Å². The summed E-state index contributed by atoms with van der Waals surface area (Å²) in [5.74, 6) is -1.57. The third-order valence-electron chi connectivity index (χ3n) is 1.73. The molecule has 0 saturated carbocycles. The van der Waals surface area contributed by atoms with Crippen LogP contribution in [0.3, 0.4) is 0 Å². The molecule has 0 aliphatic heterocycles. The average Bonchev–Trinajstić information content (AvgIpc) is 2.15. The quantitative estimate of drug-likeness (QED) is 0.594. The third-order valence-corrected chi connectivity index (χ3v) is 2.08. The molecule has 0 aliphatic carbocycles. The standard InChI is InChI=1S/C9H4ClF2N/c10-7-6(11)4-5-2-1-3-13-9(5)8(7)12/h1-4H. The van der Waals surface area contributed by atoms with Crippen molar-refractivity contribution in [1.82, 2.24) is 4.98 Å². The van der Waals surface area contributed by atoms with Crippen LogP contribution in [0.2, 0.25) is 5.02 Å². The number of hydrogen-bond acceptors (Lipinski definition) is 1. The number of halogens is 3. The van der Waals surface area contributed by atoms with Crippen LogP contribution < -0.4 is 0 Å². The first-order valence-corrected chi connectivity index (χ1v) is 3.96. The Kier molecular flexibility index (Phi) is 1.88. The lowest BCUT2D eigenvalue weighted by Gasteiger charge is -2.00. The van der Waals surface area contributed by atoms with E-state index in [4.69, 9.17) is 11.6 Å². The molecule has 13 heavy (non-hydrogen) atoms. The summed E-state index contributed by atoms with van der Waals surface area (Å²) in [6.07, 6.45) is 1.43. The second-order valence-corrected chi connectivity index (χ2v) is 2.94. The van der Waals surface area contributed by atoms with Crippen LogP contribution in [0.1, 0.15) is 0 Å². The molecule has 0 radical (unpaired) electrons. The fraction of sp³-hybridized carbons (Fsp3) is 0. The van der Waals surface area contributed by atoms with E-state index in [1.165, 1.54) is 6.20 Å². The highest BCUT2D eigenvalue weighted by molar-refractivity contribution is 6.31. The second kappa shape index (κ2) is 2.92. The number of aromatic nitrogens is 1. The summed E-state index contributed by atoms with van der Waals surface area (Å²) in [7, 11) is 0. The zero-order valence-electron chi connectivity index (χ0n) is 6.39. The molecule has 0 N–H and O–H groups in total. The van der Waals surface area contributed by atoms with Crippen LogP contribution in [0.25, 0.3) is 10.9 Å². The molecule has 66 valence electrons. The Morgan fingerprint density at radius 1 is 1.31 bits per heavy atom. The molecule has 1 aromatic carbocycles. The highest BCUT2D eigenvalue weighted by Gasteiger charge is 2.11. The van der Waals surface area contributed by atoms with Crippen LogP contribution in [-0.4, -0.2) is 4.98 Å². The zero-order valence-corrected chi connectivity index (χ0v) is 7.15. The Labute approximate surface area is 78.0 Å². The van der Waals surface area contributed by atoms with E-state index in [1.807, 2.05) is 0 Å². The molecule has 0 spiro atoms. The van der Waals surface area contributed by atoms with E-state index in [1.54, 1.807) is 12.1 Å².